The molecule has 0 atom stereocenters. The van der Waals surface area contributed by atoms with Crippen molar-refractivity contribution in [3.8, 4) is 0 Å². The zero-order chi connectivity index (χ0) is 12.0. The molecule has 5 nitrogen and oxygen atoms in total. The molecule has 0 unspecified atom stereocenters. The quantitative estimate of drug-likeness (QED) is 0.675. The van der Waals surface area contributed by atoms with Gasteiger partial charge in [-0.3, -0.25) is 4.40 Å². The van der Waals surface area contributed by atoms with Gasteiger partial charge in [-0.25, -0.2) is 15.0 Å². The van der Waals surface area contributed by atoms with E-state index < -0.39 is 0 Å². The van der Waals surface area contributed by atoms with Gasteiger partial charge in [-0.15, -0.1) is 0 Å². The van der Waals surface area contributed by atoms with Crippen LogP contribution in [0, 0.1) is 12.8 Å². The lowest BCUT2D eigenvalue weighted by Gasteiger charge is -2.06. The highest BCUT2D eigenvalue weighted by atomic mass is 15.2. The normalized spacial score (nSPS) is 12.0. The van der Waals surface area contributed by atoms with Gasteiger partial charge in [-0.05, 0) is 12.8 Å². The Kier molecular flexibility index (Phi) is 2.14. The molecule has 0 aliphatic carbocycles. The molecule has 0 saturated heterocycles. The van der Waals surface area contributed by atoms with E-state index in [-0.39, 0.29) is 0 Å². The van der Waals surface area contributed by atoms with Crippen molar-refractivity contribution in [3.05, 3.63) is 24.5 Å². The number of hydrogen-bond acceptors (Lipinski definition) is 3. The van der Waals surface area contributed by atoms with E-state index in [2.05, 4.69) is 33.4 Å². The molecule has 0 bridgehead atoms. The SMILES string of the molecule is Cc1cnc2c3ncn(CC(C)C)c3ncn12. The molecular formula is C12H15N5. The van der Waals surface area contributed by atoms with E-state index in [0.29, 0.717) is 5.92 Å². The Balaban J connectivity index is 2.27. The Hall–Kier alpha value is -1.91. The van der Waals surface area contributed by atoms with Crippen LogP contribution < -0.4 is 0 Å². The molecule has 88 valence electrons. The second-order valence-corrected chi connectivity index (χ2v) is 4.80. The molecule has 0 N–H and O–H groups in total. The van der Waals surface area contributed by atoms with Gasteiger partial charge < -0.3 is 4.57 Å². The first-order valence-electron chi connectivity index (χ1n) is 5.80. The van der Waals surface area contributed by atoms with Crippen molar-refractivity contribution < 1.29 is 0 Å². The molecule has 17 heavy (non-hydrogen) atoms. The lowest BCUT2D eigenvalue weighted by molar-refractivity contribution is 0.530. The Labute approximate surface area is 99.1 Å². The number of imidazole rings is 2. The van der Waals surface area contributed by atoms with Crippen molar-refractivity contribution >= 4 is 16.8 Å². The van der Waals surface area contributed by atoms with Gasteiger partial charge in [0.05, 0.1) is 6.33 Å². The average Bonchev–Trinajstić information content (AvgIpc) is 2.83. The fourth-order valence-electron chi connectivity index (χ4n) is 2.08. The highest BCUT2D eigenvalue weighted by Crippen LogP contribution is 2.17. The third kappa shape index (κ3) is 1.50. The predicted octanol–water partition coefficient (Wildman–Crippen LogP) is 2.04. The molecular weight excluding hydrogens is 214 g/mol. The predicted molar refractivity (Wildman–Crippen MR) is 65.9 cm³/mol. The van der Waals surface area contributed by atoms with E-state index in [1.165, 1.54) is 0 Å². The van der Waals surface area contributed by atoms with Crippen LogP contribution in [0.2, 0.25) is 0 Å². The van der Waals surface area contributed by atoms with E-state index in [1.54, 1.807) is 0 Å². The lowest BCUT2D eigenvalue weighted by Crippen LogP contribution is -2.04. The summed E-state index contributed by atoms with van der Waals surface area (Å²) in [6.07, 6.45) is 5.51. The Morgan fingerprint density at radius 2 is 1.94 bits per heavy atom. The highest BCUT2D eigenvalue weighted by Gasteiger charge is 2.11. The average molecular weight is 229 g/mol. The van der Waals surface area contributed by atoms with E-state index in [4.69, 9.17) is 0 Å². The summed E-state index contributed by atoms with van der Waals surface area (Å²) in [6, 6.07) is 0. The molecule has 0 fully saturated rings. The zero-order valence-corrected chi connectivity index (χ0v) is 10.3. The Morgan fingerprint density at radius 1 is 1.12 bits per heavy atom. The van der Waals surface area contributed by atoms with Gasteiger partial charge in [0.2, 0.25) is 0 Å². The fourth-order valence-corrected chi connectivity index (χ4v) is 2.08. The minimum Gasteiger partial charge on any atom is -0.315 e. The fraction of sp³-hybridized carbons (Fsp3) is 0.417. The first-order valence-corrected chi connectivity index (χ1v) is 5.80. The second-order valence-electron chi connectivity index (χ2n) is 4.80. The molecule has 0 aliphatic heterocycles. The van der Waals surface area contributed by atoms with Crippen LogP contribution in [0.4, 0.5) is 0 Å². The summed E-state index contributed by atoms with van der Waals surface area (Å²) < 4.78 is 4.05. The van der Waals surface area contributed by atoms with E-state index in [9.17, 15) is 0 Å². The van der Waals surface area contributed by atoms with Crippen molar-refractivity contribution in [3.63, 3.8) is 0 Å². The highest BCUT2D eigenvalue weighted by molar-refractivity contribution is 5.85. The van der Waals surface area contributed by atoms with Crippen LogP contribution in [0.15, 0.2) is 18.9 Å². The smallest absolute Gasteiger partial charge is 0.168 e. The van der Waals surface area contributed by atoms with Crippen LogP contribution in [0.3, 0.4) is 0 Å². The van der Waals surface area contributed by atoms with Crippen LogP contribution in [0.5, 0.6) is 0 Å². The van der Waals surface area contributed by atoms with Gasteiger partial charge in [0.25, 0.3) is 0 Å². The van der Waals surface area contributed by atoms with E-state index >= 15 is 0 Å². The topological polar surface area (TPSA) is 48.0 Å². The molecule has 0 aromatic carbocycles. The van der Waals surface area contributed by atoms with Crippen LogP contribution in [0.25, 0.3) is 16.8 Å². The molecule has 5 heteroatoms. The van der Waals surface area contributed by atoms with Gasteiger partial charge >= 0.3 is 0 Å². The van der Waals surface area contributed by atoms with E-state index in [0.717, 1.165) is 29.0 Å². The third-order valence-electron chi connectivity index (χ3n) is 2.86. The first kappa shape index (κ1) is 10.3. The van der Waals surface area contributed by atoms with Gasteiger partial charge in [0.1, 0.15) is 6.33 Å². The summed E-state index contributed by atoms with van der Waals surface area (Å²) in [5.41, 5.74) is 3.75. The number of fused-ring (bicyclic) bond motifs is 3. The maximum Gasteiger partial charge on any atom is 0.168 e. The van der Waals surface area contributed by atoms with Gasteiger partial charge in [-0.2, -0.15) is 0 Å². The molecule has 3 rings (SSSR count). The molecule has 0 amide bonds. The molecule has 0 aliphatic rings. The number of aromatic nitrogens is 5. The van der Waals surface area contributed by atoms with Gasteiger partial charge in [0.15, 0.2) is 16.8 Å². The Bertz CT molecular complexity index is 677. The molecule has 3 heterocycles. The van der Waals surface area contributed by atoms with E-state index in [1.807, 2.05) is 30.2 Å². The van der Waals surface area contributed by atoms with Crippen molar-refractivity contribution in [2.24, 2.45) is 5.92 Å². The summed E-state index contributed by atoms with van der Waals surface area (Å²) in [4.78, 5) is 13.3. The zero-order valence-electron chi connectivity index (χ0n) is 10.3. The summed E-state index contributed by atoms with van der Waals surface area (Å²) in [6.45, 7) is 7.31. The van der Waals surface area contributed by atoms with Crippen molar-refractivity contribution in [1.29, 1.82) is 0 Å². The van der Waals surface area contributed by atoms with Crippen molar-refractivity contribution in [2.45, 2.75) is 27.3 Å². The molecule has 0 spiro atoms. The number of aryl methyl sites for hydroxylation is 1. The van der Waals surface area contributed by atoms with Crippen LogP contribution >= 0.6 is 0 Å². The van der Waals surface area contributed by atoms with Crippen LogP contribution in [-0.2, 0) is 6.54 Å². The summed E-state index contributed by atoms with van der Waals surface area (Å²) in [7, 11) is 0. The largest absolute Gasteiger partial charge is 0.315 e. The minimum absolute atomic E-state index is 0.576. The third-order valence-corrected chi connectivity index (χ3v) is 2.86. The second kappa shape index (κ2) is 3.55. The van der Waals surface area contributed by atoms with Crippen LogP contribution in [-0.4, -0.2) is 23.9 Å². The summed E-state index contributed by atoms with van der Waals surface area (Å²) in [5.74, 6) is 0.576. The monoisotopic (exact) mass is 229 g/mol. The van der Waals surface area contributed by atoms with Crippen LogP contribution in [0.1, 0.15) is 19.5 Å². The summed E-state index contributed by atoms with van der Waals surface area (Å²) in [5, 5.41) is 0. The molecule has 0 saturated carbocycles. The Morgan fingerprint density at radius 3 is 2.71 bits per heavy atom. The van der Waals surface area contributed by atoms with Gasteiger partial charge in [-0.1, -0.05) is 13.8 Å². The first-order chi connectivity index (χ1) is 8.16. The molecule has 3 aromatic rings. The summed E-state index contributed by atoms with van der Waals surface area (Å²) >= 11 is 0. The van der Waals surface area contributed by atoms with Crippen molar-refractivity contribution in [1.82, 2.24) is 23.9 Å². The van der Waals surface area contributed by atoms with Crippen molar-refractivity contribution in [2.75, 3.05) is 0 Å². The lowest BCUT2D eigenvalue weighted by atomic mass is 10.2. The maximum atomic E-state index is 4.48. The molecule has 3 aromatic heterocycles. The van der Waals surface area contributed by atoms with Gasteiger partial charge in [0, 0.05) is 18.4 Å². The molecule has 0 radical (unpaired) electrons. The number of nitrogens with zero attached hydrogens (tertiary/aromatic N) is 5. The number of hydrogen-bond donors (Lipinski definition) is 0. The standard InChI is InChI=1S/C12H15N5/c1-8(2)5-16-6-14-10-11(16)15-7-17-9(3)4-13-12(10)17/h4,6-8H,5H2,1-3H3. The minimum atomic E-state index is 0.576. The number of rotatable bonds is 2. The maximum absolute atomic E-state index is 4.48.